The van der Waals surface area contributed by atoms with Crippen molar-refractivity contribution in [3.8, 4) is 0 Å². The molecular weight excluding hydrogens is 344 g/mol. The highest BCUT2D eigenvalue weighted by atomic mass is 16.6. The number of nitrogens with one attached hydrogen (secondary N) is 1. The molecule has 1 unspecified atom stereocenters. The first kappa shape index (κ1) is 21.5. The van der Waals surface area contributed by atoms with Gasteiger partial charge in [-0.15, -0.1) is 0 Å². The molecule has 0 saturated carbocycles. The molecule has 9 nitrogen and oxygen atoms in total. The predicted molar refractivity (Wildman–Crippen MR) is 92.6 cm³/mol. The second kappa shape index (κ2) is 8.22. The lowest BCUT2D eigenvalue weighted by molar-refractivity contribution is -0.140. The average Bonchev–Trinajstić information content (AvgIpc) is 2.47. The molecule has 0 aliphatic heterocycles. The molecular formula is C17H26N2O7. The molecule has 0 radical (unpaired) electrons. The average molecular weight is 370 g/mol. The van der Waals surface area contributed by atoms with Crippen molar-refractivity contribution in [3.05, 3.63) is 23.7 Å². The molecule has 0 aromatic heterocycles. The number of Topliss-reactive ketones (excluding diaryl/α,β-unsaturated/α-hetero) is 1. The van der Waals surface area contributed by atoms with Crippen LogP contribution in [0.1, 0.15) is 40.0 Å². The van der Waals surface area contributed by atoms with E-state index in [1.165, 1.54) is 6.08 Å². The number of aliphatic hydroxyl groups excluding tert-OH is 2. The van der Waals surface area contributed by atoms with Crippen molar-refractivity contribution >= 4 is 17.8 Å². The molecule has 0 spiro atoms. The summed E-state index contributed by atoms with van der Waals surface area (Å²) < 4.78 is 5.10. The smallest absolute Gasteiger partial charge is 0.407 e. The van der Waals surface area contributed by atoms with Crippen molar-refractivity contribution < 1.29 is 34.4 Å². The second-order valence-corrected chi connectivity index (χ2v) is 7.25. The van der Waals surface area contributed by atoms with Gasteiger partial charge in [0.05, 0.1) is 17.9 Å². The lowest BCUT2D eigenvalue weighted by Gasteiger charge is -2.33. The molecule has 0 aromatic carbocycles. The number of carbonyl (C=O) groups excluding carboxylic acids is 2. The van der Waals surface area contributed by atoms with Crippen molar-refractivity contribution in [1.82, 2.24) is 5.32 Å². The van der Waals surface area contributed by atoms with Crippen molar-refractivity contribution in [1.29, 1.82) is 0 Å². The SMILES string of the molecule is CC(C)(C)OC(=O)NCCC1(C(=O)[C@@H](N)CC(=O)O)C=CC(O)=C(O)C1. The van der Waals surface area contributed by atoms with E-state index in [0.717, 1.165) is 6.08 Å². The van der Waals surface area contributed by atoms with Gasteiger partial charge in [-0.25, -0.2) is 4.79 Å². The number of allylic oxidation sites excluding steroid dienone is 3. The quantitative estimate of drug-likeness (QED) is 0.451. The molecule has 0 aromatic rings. The van der Waals surface area contributed by atoms with Gasteiger partial charge in [0.1, 0.15) is 11.4 Å². The van der Waals surface area contributed by atoms with Gasteiger partial charge in [0.25, 0.3) is 0 Å². The second-order valence-electron chi connectivity index (χ2n) is 7.25. The topological polar surface area (TPSA) is 159 Å². The Labute approximate surface area is 151 Å². The number of carbonyl (C=O) groups is 3. The first-order chi connectivity index (χ1) is 11.9. The molecule has 1 aliphatic rings. The molecule has 2 atom stereocenters. The first-order valence-corrected chi connectivity index (χ1v) is 8.15. The molecule has 0 heterocycles. The Hall–Kier alpha value is -2.55. The maximum absolute atomic E-state index is 12.7. The third kappa shape index (κ3) is 6.07. The van der Waals surface area contributed by atoms with Crippen LogP contribution in [0.15, 0.2) is 23.7 Å². The third-order valence-electron chi connectivity index (χ3n) is 3.80. The van der Waals surface area contributed by atoms with E-state index in [4.69, 9.17) is 15.6 Å². The Morgan fingerprint density at radius 3 is 2.46 bits per heavy atom. The monoisotopic (exact) mass is 370 g/mol. The summed E-state index contributed by atoms with van der Waals surface area (Å²) in [5.41, 5.74) is 3.68. The van der Waals surface area contributed by atoms with Crippen molar-refractivity contribution in [2.75, 3.05) is 6.54 Å². The fourth-order valence-corrected chi connectivity index (χ4v) is 2.60. The Kier molecular flexibility index (Phi) is 6.79. The van der Waals surface area contributed by atoms with Gasteiger partial charge in [-0.05, 0) is 33.3 Å². The number of aliphatic hydroxyl groups is 2. The zero-order valence-electron chi connectivity index (χ0n) is 15.1. The number of carboxylic acids is 1. The van der Waals surface area contributed by atoms with E-state index in [1.807, 2.05) is 0 Å². The Morgan fingerprint density at radius 1 is 1.35 bits per heavy atom. The van der Waals surface area contributed by atoms with Crippen LogP contribution in [-0.2, 0) is 14.3 Å². The van der Waals surface area contributed by atoms with Crippen LogP contribution < -0.4 is 11.1 Å². The van der Waals surface area contributed by atoms with Crippen molar-refractivity contribution in [2.24, 2.45) is 11.1 Å². The summed E-state index contributed by atoms with van der Waals surface area (Å²) in [4.78, 5) is 35.3. The van der Waals surface area contributed by atoms with Crippen molar-refractivity contribution in [2.45, 2.75) is 51.7 Å². The molecule has 1 rings (SSSR count). The van der Waals surface area contributed by atoms with Gasteiger partial charge < -0.3 is 31.1 Å². The van der Waals surface area contributed by atoms with Crippen LogP contribution in [0.3, 0.4) is 0 Å². The van der Waals surface area contributed by atoms with Gasteiger partial charge in [0, 0.05) is 13.0 Å². The molecule has 6 N–H and O–H groups in total. The van der Waals surface area contributed by atoms with E-state index >= 15 is 0 Å². The van der Waals surface area contributed by atoms with Gasteiger partial charge in [-0.3, -0.25) is 9.59 Å². The largest absolute Gasteiger partial charge is 0.508 e. The molecule has 1 aliphatic carbocycles. The molecule has 0 fully saturated rings. The van der Waals surface area contributed by atoms with Crippen molar-refractivity contribution in [3.63, 3.8) is 0 Å². The summed E-state index contributed by atoms with van der Waals surface area (Å²) in [5, 5.41) is 30.7. The van der Waals surface area contributed by atoms with Gasteiger partial charge in [-0.2, -0.15) is 0 Å². The number of rotatable bonds is 7. The maximum atomic E-state index is 12.7. The van der Waals surface area contributed by atoms with E-state index in [0.29, 0.717) is 0 Å². The zero-order chi connectivity index (χ0) is 20.1. The van der Waals surface area contributed by atoms with Crippen LogP contribution in [0.2, 0.25) is 0 Å². The minimum absolute atomic E-state index is 0.0266. The van der Waals surface area contributed by atoms with E-state index < -0.39 is 47.1 Å². The van der Waals surface area contributed by atoms with Crippen LogP contribution in [0, 0.1) is 5.41 Å². The number of ether oxygens (including phenoxy) is 1. The normalized spacial score (nSPS) is 21.2. The van der Waals surface area contributed by atoms with Crippen LogP contribution in [0.25, 0.3) is 0 Å². The summed E-state index contributed by atoms with van der Waals surface area (Å²) in [7, 11) is 0. The summed E-state index contributed by atoms with van der Waals surface area (Å²) >= 11 is 0. The van der Waals surface area contributed by atoms with Gasteiger partial charge in [0.2, 0.25) is 0 Å². The first-order valence-electron chi connectivity index (χ1n) is 8.15. The van der Waals surface area contributed by atoms with Gasteiger partial charge >= 0.3 is 12.1 Å². The fraction of sp³-hybridized carbons (Fsp3) is 0.588. The number of carboxylic acid groups (broad SMARTS) is 1. The van der Waals surface area contributed by atoms with Crippen LogP contribution >= 0.6 is 0 Å². The standard InChI is InChI=1S/C17H26N2O7/c1-16(2,3)26-15(25)19-7-6-17(5-4-11(20)12(21)9-17)14(24)10(18)8-13(22)23/h4-5,10,20-21H,6-9,18H2,1-3H3,(H,19,25)(H,22,23)/t10-,17?/m0/s1. The number of nitrogens with two attached hydrogens (primary N) is 1. The highest BCUT2D eigenvalue weighted by Gasteiger charge is 2.42. The third-order valence-corrected chi connectivity index (χ3v) is 3.80. The minimum atomic E-state index is -1.33. The number of hydrogen-bond donors (Lipinski definition) is 5. The summed E-state index contributed by atoms with van der Waals surface area (Å²) in [6.07, 6.45) is 1.12. The molecule has 9 heteroatoms. The van der Waals surface area contributed by atoms with E-state index in [1.54, 1.807) is 20.8 Å². The number of hydrogen-bond acceptors (Lipinski definition) is 7. The maximum Gasteiger partial charge on any atom is 0.407 e. The minimum Gasteiger partial charge on any atom is -0.508 e. The summed E-state index contributed by atoms with van der Waals surface area (Å²) in [6, 6.07) is -1.29. The van der Waals surface area contributed by atoms with Crippen LogP contribution in [0.4, 0.5) is 4.79 Å². The van der Waals surface area contributed by atoms with E-state index in [9.17, 15) is 24.6 Å². The highest BCUT2D eigenvalue weighted by molar-refractivity contribution is 5.94. The Morgan fingerprint density at radius 2 is 1.96 bits per heavy atom. The number of aliphatic carboxylic acids is 1. The van der Waals surface area contributed by atoms with Gasteiger partial charge in [0.15, 0.2) is 11.5 Å². The molecule has 146 valence electrons. The Bertz CT molecular complexity index is 634. The van der Waals surface area contributed by atoms with Crippen LogP contribution in [-0.4, -0.2) is 51.4 Å². The van der Waals surface area contributed by atoms with Gasteiger partial charge in [-0.1, -0.05) is 6.08 Å². The van der Waals surface area contributed by atoms with Crippen LogP contribution in [0.5, 0.6) is 0 Å². The Balaban J connectivity index is 2.87. The number of alkyl carbamates (subject to hydrolysis) is 1. The summed E-state index contributed by atoms with van der Waals surface area (Å²) in [6.45, 7) is 5.15. The number of amides is 1. The zero-order valence-corrected chi connectivity index (χ0v) is 15.1. The predicted octanol–water partition coefficient (Wildman–Crippen LogP) is 1.55. The number of ketones is 1. The molecule has 1 amide bonds. The lowest BCUT2D eigenvalue weighted by atomic mass is 9.71. The summed E-state index contributed by atoms with van der Waals surface area (Å²) in [5.74, 6) is -2.60. The fourth-order valence-electron chi connectivity index (χ4n) is 2.60. The highest BCUT2D eigenvalue weighted by Crippen LogP contribution is 2.37. The molecule has 0 bridgehead atoms. The van der Waals surface area contributed by atoms with E-state index in [-0.39, 0.29) is 25.1 Å². The molecule has 0 saturated heterocycles. The van der Waals surface area contributed by atoms with E-state index in [2.05, 4.69) is 5.32 Å². The molecule has 26 heavy (non-hydrogen) atoms. The lowest BCUT2D eigenvalue weighted by Crippen LogP contribution is -2.46.